The number of anilines is 1. The number of carbonyl (C=O) groups excluding carboxylic acids is 1. The Labute approximate surface area is 152 Å². The van der Waals surface area contributed by atoms with E-state index >= 15 is 0 Å². The van der Waals surface area contributed by atoms with Crippen LogP contribution in [0, 0.1) is 5.92 Å². The van der Waals surface area contributed by atoms with Gasteiger partial charge in [0.1, 0.15) is 6.61 Å². The number of nitrogens with zero attached hydrogens (tertiary/aromatic N) is 1. The highest BCUT2D eigenvalue weighted by Crippen LogP contribution is 2.31. The van der Waals surface area contributed by atoms with Crippen LogP contribution in [0.4, 0.5) is 5.69 Å². The fraction of sp³-hybridized carbons (Fsp3) is 0.143. The van der Waals surface area contributed by atoms with Crippen LogP contribution in [0.2, 0.25) is 0 Å². The predicted molar refractivity (Wildman–Crippen MR) is 101 cm³/mol. The van der Waals surface area contributed by atoms with Crippen LogP contribution in [0.1, 0.15) is 5.56 Å². The predicted octanol–water partition coefficient (Wildman–Crippen LogP) is 3.91. The summed E-state index contributed by atoms with van der Waals surface area (Å²) in [5.41, 5.74) is 1.65. The molecule has 0 atom stereocenters. The lowest BCUT2D eigenvalue weighted by Crippen LogP contribution is -2.19. The van der Waals surface area contributed by atoms with Gasteiger partial charge in [-0.25, -0.2) is 0 Å². The SMILES string of the molecule is COc1ccc(NC(=O)C2C=CC=CC=C2)cc1OCc1ccncc1. The zero-order valence-electron chi connectivity index (χ0n) is 14.5. The molecule has 1 aliphatic carbocycles. The van der Waals surface area contributed by atoms with Gasteiger partial charge in [0.05, 0.1) is 13.0 Å². The molecule has 0 saturated heterocycles. The zero-order chi connectivity index (χ0) is 18.2. The normalized spacial score (nSPS) is 13.3. The van der Waals surface area contributed by atoms with Gasteiger partial charge in [-0.1, -0.05) is 36.5 Å². The van der Waals surface area contributed by atoms with E-state index in [1.54, 1.807) is 37.7 Å². The highest BCUT2D eigenvalue weighted by Gasteiger charge is 2.14. The number of aromatic nitrogens is 1. The van der Waals surface area contributed by atoms with Crippen LogP contribution in [0.25, 0.3) is 0 Å². The first kappa shape index (κ1) is 17.5. The van der Waals surface area contributed by atoms with Gasteiger partial charge in [-0.05, 0) is 29.8 Å². The van der Waals surface area contributed by atoms with E-state index < -0.39 is 0 Å². The topological polar surface area (TPSA) is 60.5 Å². The number of pyridine rings is 1. The fourth-order valence-corrected chi connectivity index (χ4v) is 2.47. The summed E-state index contributed by atoms with van der Waals surface area (Å²) in [6.45, 7) is 0.385. The molecule has 3 rings (SSSR count). The summed E-state index contributed by atoms with van der Waals surface area (Å²) in [5, 5.41) is 2.91. The first-order valence-electron chi connectivity index (χ1n) is 8.28. The van der Waals surface area contributed by atoms with Gasteiger partial charge in [0.25, 0.3) is 0 Å². The lowest BCUT2D eigenvalue weighted by atomic mass is 10.1. The Morgan fingerprint density at radius 2 is 1.77 bits per heavy atom. The summed E-state index contributed by atoms with van der Waals surface area (Å²) in [4.78, 5) is 16.4. The van der Waals surface area contributed by atoms with Crippen LogP contribution in [0.3, 0.4) is 0 Å². The van der Waals surface area contributed by atoms with Crippen molar-refractivity contribution in [2.24, 2.45) is 5.92 Å². The van der Waals surface area contributed by atoms with Crippen molar-refractivity contribution >= 4 is 11.6 Å². The van der Waals surface area contributed by atoms with Gasteiger partial charge in [-0.15, -0.1) is 0 Å². The van der Waals surface area contributed by atoms with Gasteiger partial charge in [0, 0.05) is 24.1 Å². The van der Waals surface area contributed by atoms with Crippen molar-refractivity contribution in [3.05, 3.63) is 84.7 Å². The minimum atomic E-state index is -0.312. The summed E-state index contributed by atoms with van der Waals surface area (Å²) in [7, 11) is 1.58. The Kier molecular flexibility index (Phi) is 5.83. The summed E-state index contributed by atoms with van der Waals surface area (Å²) < 4.78 is 11.2. The lowest BCUT2D eigenvalue weighted by molar-refractivity contribution is -0.117. The maximum absolute atomic E-state index is 12.4. The summed E-state index contributed by atoms with van der Waals surface area (Å²) in [6.07, 6.45) is 14.6. The summed E-state index contributed by atoms with van der Waals surface area (Å²) in [5.74, 6) is 0.756. The van der Waals surface area contributed by atoms with E-state index in [9.17, 15) is 4.79 Å². The van der Waals surface area contributed by atoms with Crippen molar-refractivity contribution in [2.75, 3.05) is 12.4 Å². The number of allylic oxidation sites excluding steroid dienone is 4. The molecule has 0 radical (unpaired) electrons. The quantitative estimate of drug-likeness (QED) is 0.860. The molecule has 132 valence electrons. The Hall–Kier alpha value is -3.34. The molecule has 0 bridgehead atoms. The average Bonchev–Trinajstić information content (AvgIpc) is 2.97. The molecule has 0 saturated carbocycles. The smallest absolute Gasteiger partial charge is 0.235 e. The summed E-state index contributed by atoms with van der Waals surface area (Å²) in [6, 6.07) is 9.10. The Bertz CT molecular complexity index is 826. The van der Waals surface area contributed by atoms with Gasteiger partial charge in [-0.2, -0.15) is 0 Å². The van der Waals surface area contributed by atoms with E-state index in [4.69, 9.17) is 9.47 Å². The number of methoxy groups -OCH3 is 1. The molecule has 1 amide bonds. The van der Waals surface area contributed by atoms with Crippen LogP contribution in [-0.4, -0.2) is 18.0 Å². The third-order valence-electron chi connectivity index (χ3n) is 3.85. The number of hydrogen-bond acceptors (Lipinski definition) is 4. The van der Waals surface area contributed by atoms with E-state index in [1.807, 2.05) is 48.6 Å². The molecule has 26 heavy (non-hydrogen) atoms. The lowest BCUT2D eigenvalue weighted by Gasteiger charge is -2.14. The molecule has 2 aromatic rings. The Balaban J connectivity index is 1.71. The van der Waals surface area contributed by atoms with Gasteiger partial charge < -0.3 is 14.8 Å². The van der Waals surface area contributed by atoms with Crippen molar-refractivity contribution < 1.29 is 14.3 Å². The molecule has 0 unspecified atom stereocenters. The number of benzene rings is 1. The zero-order valence-corrected chi connectivity index (χ0v) is 14.5. The highest BCUT2D eigenvalue weighted by atomic mass is 16.5. The van der Waals surface area contributed by atoms with E-state index in [1.165, 1.54) is 0 Å². The standard InChI is InChI=1S/C21H20N2O3/c1-25-19-9-8-18(23-21(24)17-6-4-2-3-5-7-17)14-20(19)26-15-16-10-12-22-13-11-16/h2-14,17H,15H2,1H3,(H,23,24). The van der Waals surface area contributed by atoms with Crippen LogP contribution in [-0.2, 0) is 11.4 Å². The molecule has 0 spiro atoms. The van der Waals surface area contributed by atoms with E-state index in [0.29, 0.717) is 23.8 Å². The van der Waals surface area contributed by atoms with Crippen molar-refractivity contribution in [1.82, 2.24) is 4.98 Å². The Morgan fingerprint density at radius 3 is 2.46 bits per heavy atom. The number of rotatable bonds is 6. The first-order valence-corrected chi connectivity index (χ1v) is 8.28. The number of carbonyl (C=O) groups is 1. The molecule has 0 fully saturated rings. The number of ether oxygens (including phenoxy) is 2. The van der Waals surface area contributed by atoms with E-state index in [0.717, 1.165) is 5.56 Å². The molecule has 5 heteroatoms. The molecular weight excluding hydrogens is 328 g/mol. The molecule has 1 aromatic heterocycles. The second kappa shape index (κ2) is 8.67. The fourth-order valence-electron chi connectivity index (χ4n) is 2.47. The summed E-state index contributed by atoms with van der Waals surface area (Å²) >= 11 is 0. The average molecular weight is 348 g/mol. The van der Waals surface area contributed by atoms with Gasteiger partial charge >= 0.3 is 0 Å². The first-order chi connectivity index (χ1) is 12.8. The number of hydrogen-bond donors (Lipinski definition) is 1. The van der Waals surface area contributed by atoms with Gasteiger partial charge in [0.15, 0.2) is 11.5 Å². The molecule has 1 N–H and O–H groups in total. The minimum Gasteiger partial charge on any atom is -0.493 e. The van der Waals surface area contributed by atoms with Crippen molar-refractivity contribution in [3.63, 3.8) is 0 Å². The Morgan fingerprint density at radius 1 is 1.04 bits per heavy atom. The minimum absolute atomic E-state index is 0.105. The van der Waals surface area contributed by atoms with E-state index in [-0.39, 0.29) is 11.8 Å². The van der Waals surface area contributed by atoms with Crippen LogP contribution < -0.4 is 14.8 Å². The van der Waals surface area contributed by atoms with Crippen LogP contribution in [0.15, 0.2) is 79.2 Å². The van der Waals surface area contributed by atoms with Crippen molar-refractivity contribution in [1.29, 1.82) is 0 Å². The number of amides is 1. The third kappa shape index (κ3) is 4.60. The second-order valence-electron chi connectivity index (χ2n) is 5.68. The maximum atomic E-state index is 12.4. The van der Waals surface area contributed by atoms with Crippen molar-refractivity contribution in [3.8, 4) is 11.5 Å². The monoisotopic (exact) mass is 348 g/mol. The molecular formula is C21H20N2O3. The van der Waals surface area contributed by atoms with Crippen LogP contribution in [0.5, 0.6) is 11.5 Å². The van der Waals surface area contributed by atoms with Crippen molar-refractivity contribution in [2.45, 2.75) is 6.61 Å². The third-order valence-corrected chi connectivity index (χ3v) is 3.85. The molecule has 1 aliphatic rings. The molecule has 5 nitrogen and oxygen atoms in total. The molecule has 1 aromatic carbocycles. The maximum Gasteiger partial charge on any atom is 0.235 e. The second-order valence-corrected chi connectivity index (χ2v) is 5.68. The van der Waals surface area contributed by atoms with Gasteiger partial charge in [0.2, 0.25) is 5.91 Å². The van der Waals surface area contributed by atoms with E-state index in [2.05, 4.69) is 10.3 Å². The van der Waals surface area contributed by atoms with Gasteiger partial charge in [-0.3, -0.25) is 9.78 Å². The molecule has 0 aliphatic heterocycles. The number of nitrogens with one attached hydrogen (secondary N) is 1. The highest BCUT2D eigenvalue weighted by molar-refractivity contribution is 5.95. The van der Waals surface area contributed by atoms with Crippen LogP contribution >= 0.6 is 0 Å². The largest absolute Gasteiger partial charge is 0.493 e. The molecule has 1 heterocycles.